The van der Waals surface area contributed by atoms with E-state index in [0.717, 1.165) is 0 Å². The van der Waals surface area contributed by atoms with Crippen LogP contribution in [0.1, 0.15) is 17.3 Å². The molecule has 0 aliphatic rings. The van der Waals surface area contributed by atoms with Crippen molar-refractivity contribution in [2.24, 2.45) is 0 Å². The molecule has 0 aliphatic carbocycles. The van der Waals surface area contributed by atoms with Gasteiger partial charge in [0.15, 0.2) is 5.78 Å². The van der Waals surface area contributed by atoms with E-state index in [0.29, 0.717) is 11.3 Å². The molecule has 0 bridgehead atoms. The van der Waals surface area contributed by atoms with Gasteiger partial charge in [-0.1, -0.05) is 12.1 Å². The molecule has 1 aromatic carbocycles. The number of hydrogen-bond donors (Lipinski definition) is 3. The van der Waals surface area contributed by atoms with E-state index < -0.39 is 11.8 Å². The normalized spacial score (nSPS) is 9.67. The second kappa shape index (κ2) is 6.51. The van der Waals surface area contributed by atoms with E-state index in [4.69, 9.17) is 5.11 Å². The number of hydrogen-bond acceptors (Lipinski definition) is 4. The Balaban J connectivity index is 2.67. The third kappa shape index (κ3) is 3.99. The summed E-state index contributed by atoms with van der Waals surface area (Å²) >= 11 is 0. The summed E-state index contributed by atoms with van der Waals surface area (Å²) in [6.45, 7) is 1.19. The molecule has 0 aliphatic heterocycles. The first kappa shape index (κ1) is 13.9. The van der Waals surface area contributed by atoms with Crippen molar-refractivity contribution in [3.63, 3.8) is 0 Å². The van der Waals surface area contributed by atoms with Crippen LogP contribution < -0.4 is 10.6 Å². The quantitative estimate of drug-likeness (QED) is 0.515. The average molecular weight is 250 g/mol. The van der Waals surface area contributed by atoms with Gasteiger partial charge in [0, 0.05) is 17.8 Å². The molecule has 6 nitrogen and oxygen atoms in total. The lowest BCUT2D eigenvalue weighted by molar-refractivity contribution is -0.136. The van der Waals surface area contributed by atoms with Gasteiger partial charge in [-0.2, -0.15) is 0 Å². The molecular weight excluding hydrogens is 236 g/mol. The fraction of sp³-hybridized carbons (Fsp3) is 0.250. The summed E-state index contributed by atoms with van der Waals surface area (Å²) < 4.78 is 0. The first-order valence-electron chi connectivity index (χ1n) is 5.35. The Bertz CT molecular complexity index is 471. The number of carbonyl (C=O) groups excluding carboxylic acids is 3. The molecule has 1 aromatic rings. The lowest BCUT2D eigenvalue weighted by Crippen LogP contribution is -2.36. The topological polar surface area (TPSA) is 95.5 Å². The monoisotopic (exact) mass is 250 g/mol. The molecule has 18 heavy (non-hydrogen) atoms. The van der Waals surface area contributed by atoms with Crippen molar-refractivity contribution in [2.45, 2.75) is 6.92 Å². The minimum absolute atomic E-state index is 0.0136. The van der Waals surface area contributed by atoms with Gasteiger partial charge < -0.3 is 15.7 Å². The predicted molar refractivity (Wildman–Crippen MR) is 65.2 cm³/mol. The zero-order chi connectivity index (χ0) is 13.5. The Kier molecular flexibility index (Phi) is 5.01. The third-order valence-corrected chi connectivity index (χ3v) is 2.13. The minimum Gasteiger partial charge on any atom is -0.395 e. The van der Waals surface area contributed by atoms with Crippen molar-refractivity contribution in [2.75, 3.05) is 18.5 Å². The Labute approximate surface area is 104 Å². The molecule has 0 radical (unpaired) electrons. The number of rotatable bonds is 4. The average Bonchev–Trinajstić information content (AvgIpc) is 2.36. The molecule has 0 spiro atoms. The number of aliphatic hydroxyl groups is 1. The van der Waals surface area contributed by atoms with Crippen LogP contribution in [0.2, 0.25) is 0 Å². The van der Waals surface area contributed by atoms with Crippen LogP contribution in [0.3, 0.4) is 0 Å². The molecule has 0 heterocycles. The fourth-order valence-electron chi connectivity index (χ4n) is 1.25. The van der Waals surface area contributed by atoms with Gasteiger partial charge in [-0.3, -0.25) is 14.4 Å². The van der Waals surface area contributed by atoms with Crippen LogP contribution >= 0.6 is 0 Å². The molecule has 0 saturated carbocycles. The van der Waals surface area contributed by atoms with Crippen LogP contribution in [-0.4, -0.2) is 35.9 Å². The molecular formula is C12H14N2O4. The van der Waals surface area contributed by atoms with Crippen molar-refractivity contribution >= 4 is 23.3 Å². The van der Waals surface area contributed by atoms with E-state index in [1.165, 1.54) is 13.0 Å². The van der Waals surface area contributed by atoms with Gasteiger partial charge in [0.1, 0.15) is 0 Å². The predicted octanol–water partition coefficient (Wildman–Crippen LogP) is -0.0638. The van der Waals surface area contributed by atoms with Gasteiger partial charge in [0.05, 0.1) is 6.61 Å². The molecule has 0 atom stereocenters. The van der Waals surface area contributed by atoms with E-state index >= 15 is 0 Å². The number of benzene rings is 1. The van der Waals surface area contributed by atoms with Crippen LogP contribution in [-0.2, 0) is 9.59 Å². The zero-order valence-corrected chi connectivity index (χ0v) is 9.90. The van der Waals surface area contributed by atoms with E-state index in [2.05, 4.69) is 10.6 Å². The fourth-order valence-corrected chi connectivity index (χ4v) is 1.25. The molecule has 2 amide bonds. The lowest BCUT2D eigenvalue weighted by atomic mass is 10.1. The number of amides is 2. The van der Waals surface area contributed by atoms with Crippen LogP contribution in [0.5, 0.6) is 0 Å². The number of carbonyl (C=O) groups is 3. The van der Waals surface area contributed by atoms with Crippen molar-refractivity contribution in [3.05, 3.63) is 29.8 Å². The van der Waals surface area contributed by atoms with Gasteiger partial charge in [-0.25, -0.2) is 0 Å². The van der Waals surface area contributed by atoms with Gasteiger partial charge >= 0.3 is 11.8 Å². The minimum atomic E-state index is -0.843. The summed E-state index contributed by atoms with van der Waals surface area (Å²) in [5, 5.41) is 13.1. The molecule has 3 N–H and O–H groups in total. The van der Waals surface area contributed by atoms with E-state index in [1.807, 2.05) is 0 Å². The summed E-state index contributed by atoms with van der Waals surface area (Å²) in [7, 11) is 0. The summed E-state index contributed by atoms with van der Waals surface area (Å²) in [6.07, 6.45) is 0. The number of ketones is 1. The maximum Gasteiger partial charge on any atom is 0.313 e. The summed E-state index contributed by atoms with van der Waals surface area (Å²) in [4.78, 5) is 33.8. The van der Waals surface area contributed by atoms with E-state index in [1.54, 1.807) is 18.2 Å². The number of Topliss-reactive ketones (excluding diaryl/α,β-unsaturated/α-hetero) is 1. The molecule has 0 unspecified atom stereocenters. The highest BCUT2D eigenvalue weighted by Gasteiger charge is 2.13. The van der Waals surface area contributed by atoms with Crippen molar-refractivity contribution in [1.82, 2.24) is 5.32 Å². The van der Waals surface area contributed by atoms with Crippen molar-refractivity contribution in [1.29, 1.82) is 0 Å². The first-order chi connectivity index (χ1) is 8.54. The molecule has 0 saturated heterocycles. The molecule has 1 rings (SSSR count). The van der Waals surface area contributed by atoms with Crippen molar-refractivity contribution in [3.8, 4) is 0 Å². The molecule has 0 fully saturated rings. The summed E-state index contributed by atoms with van der Waals surface area (Å²) in [5.41, 5.74) is 0.815. The molecule has 6 heteroatoms. The molecule has 0 aromatic heterocycles. The lowest BCUT2D eigenvalue weighted by Gasteiger charge is -2.06. The second-order valence-corrected chi connectivity index (χ2v) is 3.57. The highest BCUT2D eigenvalue weighted by atomic mass is 16.3. The van der Waals surface area contributed by atoms with E-state index in [9.17, 15) is 14.4 Å². The van der Waals surface area contributed by atoms with Gasteiger partial charge in [-0.15, -0.1) is 0 Å². The Morgan fingerprint density at radius 2 is 1.94 bits per heavy atom. The van der Waals surface area contributed by atoms with Crippen LogP contribution in [0, 0.1) is 0 Å². The van der Waals surface area contributed by atoms with Gasteiger partial charge in [0.2, 0.25) is 0 Å². The highest BCUT2D eigenvalue weighted by molar-refractivity contribution is 6.39. The number of nitrogens with one attached hydrogen (secondary N) is 2. The number of aliphatic hydroxyl groups excluding tert-OH is 1. The first-order valence-corrected chi connectivity index (χ1v) is 5.35. The van der Waals surface area contributed by atoms with Crippen molar-refractivity contribution < 1.29 is 19.5 Å². The second-order valence-electron chi connectivity index (χ2n) is 3.57. The standard InChI is InChI=1S/C12H14N2O4/c1-8(16)9-3-2-4-10(7-9)14-12(18)11(17)13-5-6-15/h2-4,7,15H,5-6H2,1H3,(H,13,17)(H,14,18). The maximum absolute atomic E-state index is 11.4. The largest absolute Gasteiger partial charge is 0.395 e. The Morgan fingerprint density at radius 1 is 1.22 bits per heavy atom. The summed E-state index contributed by atoms with van der Waals surface area (Å²) in [5.74, 6) is -1.81. The molecule has 96 valence electrons. The smallest absolute Gasteiger partial charge is 0.313 e. The number of anilines is 1. The summed E-state index contributed by atoms with van der Waals surface area (Å²) in [6, 6.07) is 6.28. The third-order valence-electron chi connectivity index (χ3n) is 2.13. The van der Waals surface area contributed by atoms with Gasteiger partial charge in [0.25, 0.3) is 0 Å². The Hall–Kier alpha value is -2.21. The maximum atomic E-state index is 11.4. The van der Waals surface area contributed by atoms with Crippen LogP contribution in [0.25, 0.3) is 0 Å². The van der Waals surface area contributed by atoms with Gasteiger partial charge in [-0.05, 0) is 19.1 Å². The zero-order valence-electron chi connectivity index (χ0n) is 9.90. The van der Waals surface area contributed by atoms with Crippen LogP contribution in [0.4, 0.5) is 5.69 Å². The Morgan fingerprint density at radius 3 is 2.56 bits per heavy atom. The highest BCUT2D eigenvalue weighted by Crippen LogP contribution is 2.10. The van der Waals surface area contributed by atoms with E-state index in [-0.39, 0.29) is 18.9 Å². The SMILES string of the molecule is CC(=O)c1cccc(NC(=O)C(=O)NCCO)c1. The van der Waals surface area contributed by atoms with Crippen LogP contribution in [0.15, 0.2) is 24.3 Å².